The Bertz CT molecular complexity index is 1980. The largest absolute Gasteiger partial charge is 0.308 e. The van der Waals surface area contributed by atoms with E-state index >= 15 is 0 Å². The van der Waals surface area contributed by atoms with Gasteiger partial charge in [0.05, 0.1) is 17.1 Å². The summed E-state index contributed by atoms with van der Waals surface area (Å²) in [5.74, 6) is -0.205. The number of anilines is 1. The van der Waals surface area contributed by atoms with E-state index in [1.54, 1.807) is 0 Å². The number of rotatable bonds is 7. The number of aromatic nitrogens is 2. The lowest BCUT2D eigenvalue weighted by atomic mass is 9.77. The molecule has 0 atom stereocenters. The number of hydrogen-bond donors (Lipinski definition) is 1. The van der Waals surface area contributed by atoms with E-state index in [0.717, 1.165) is 48.1 Å². The van der Waals surface area contributed by atoms with Gasteiger partial charge < -0.3 is 10.2 Å². The molecule has 7 heteroatoms. The Morgan fingerprint density at radius 3 is 1.96 bits per heavy atom. The maximum absolute atomic E-state index is 14.5. The van der Waals surface area contributed by atoms with Gasteiger partial charge in [0.15, 0.2) is 5.82 Å². The first-order chi connectivity index (χ1) is 23.0. The molecule has 1 N–H and O–H groups in total. The van der Waals surface area contributed by atoms with E-state index in [1.165, 1.54) is 18.2 Å². The molecule has 5 aromatic carbocycles. The van der Waals surface area contributed by atoms with Crippen LogP contribution in [0.1, 0.15) is 35.1 Å². The smallest absolute Gasteiger partial charge is 0.228 e. The number of fused-ring (bicyclic) bond motifs is 1. The lowest BCUT2D eigenvalue weighted by Gasteiger charge is -2.37. The van der Waals surface area contributed by atoms with Gasteiger partial charge in [-0.1, -0.05) is 97.1 Å². The van der Waals surface area contributed by atoms with E-state index in [-0.39, 0.29) is 11.8 Å². The van der Waals surface area contributed by atoms with Crippen LogP contribution in [0.2, 0.25) is 0 Å². The molecule has 6 aromatic rings. The average molecular weight is 620 g/mol. The van der Waals surface area contributed by atoms with Gasteiger partial charge in [-0.3, -0.25) is 4.79 Å². The number of hydrogen-bond acceptors (Lipinski definition) is 4. The van der Waals surface area contributed by atoms with Crippen molar-refractivity contribution < 1.29 is 9.18 Å². The second kappa shape index (κ2) is 12.7. The summed E-state index contributed by atoms with van der Waals surface area (Å²) in [5, 5.41) is 19.0. The van der Waals surface area contributed by atoms with Crippen LogP contribution in [0.25, 0.3) is 22.0 Å². The minimum atomic E-state index is -0.920. The Morgan fingerprint density at radius 1 is 0.830 bits per heavy atom. The first kappa shape index (κ1) is 30.1. The first-order valence-corrected chi connectivity index (χ1v) is 15.9. The Hall–Kier alpha value is -5.58. The molecule has 1 fully saturated rings. The lowest BCUT2D eigenvalue weighted by Crippen LogP contribution is -2.39. The fourth-order valence-electron chi connectivity index (χ4n) is 6.88. The maximum atomic E-state index is 14.5. The van der Waals surface area contributed by atoms with Crippen molar-refractivity contribution in [2.45, 2.75) is 18.4 Å². The van der Waals surface area contributed by atoms with Crippen molar-refractivity contribution in [3.63, 3.8) is 0 Å². The van der Waals surface area contributed by atoms with Gasteiger partial charge in [0.2, 0.25) is 5.91 Å². The number of likely N-dealkylation sites (tertiary alicyclic amines) is 1. The van der Waals surface area contributed by atoms with E-state index < -0.39 is 11.4 Å². The highest BCUT2D eigenvalue weighted by atomic mass is 19.1. The van der Waals surface area contributed by atoms with Crippen LogP contribution in [-0.2, 0) is 10.3 Å². The summed E-state index contributed by atoms with van der Waals surface area (Å²) in [7, 11) is 2.07. The normalized spacial score (nSPS) is 14.1. The number of benzene rings is 5. The number of nitriles is 1. The van der Waals surface area contributed by atoms with Gasteiger partial charge in [0.1, 0.15) is 11.4 Å². The number of nitrogens with one attached hydrogen (secondary N) is 1. The number of amides is 1. The molecule has 232 valence electrons. The molecule has 1 saturated heterocycles. The minimum Gasteiger partial charge on any atom is -0.308 e. The van der Waals surface area contributed by atoms with Crippen molar-refractivity contribution in [1.82, 2.24) is 14.7 Å². The number of halogens is 1. The fraction of sp³-hybridized carbons (Fsp3) is 0.175. The average Bonchev–Trinajstić information content (AvgIpc) is 3.47. The zero-order valence-corrected chi connectivity index (χ0v) is 26.1. The van der Waals surface area contributed by atoms with Gasteiger partial charge in [-0.2, -0.15) is 10.4 Å². The Balaban J connectivity index is 1.51. The van der Waals surface area contributed by atoms with Crippen molar-refractivity contribution in [1.29, 1.82) is 5.26 Å². The molecule has 0 bridgehead atoms. The number of piperidine rings is 1. The second-order valence-corrected chi connectivity index (χ2v) is 12.2. The molecular weight excluding hydrogens is 585 g/mol. The third kappa shape index (κ3) is 5.47. The third-order valence-corrected chi connectivity index (χ3v) is 9.32. The molecule has 1 amide bonds. The van der Waals surface area contributed by atoms with Gasteiger partial charge in [-0.25, -0.2) is 9.07 Å². The van der Waals surface area contributed by atoms with Crippen molar-refractivity contribution in [3.8, 4) is 17.2 Å². The van der Waals surface area contributed by atoms with Gasteiger partial charge in [0, 0.05) is 16.9 Å². The summed E-state index contributed by atoms with van der Waals surface area (Å²) >= 11 is 0. The summed E-state index contributed by atoms with van der Waals surface area (Å²) in [4.78, 5) is 16.1. The zero-order chi connectivity index (χ0) is 32.4. The SMILES string of the molecule is CN1CCC(C(=O)Nc2nn(C(c3ccccc3)(c3ccccc3)c3ccccc3)c3ccc(-c4cc(F)ccc4C#N)cc23)CC1. The summed E-state index contributed by atoms with van der Waals surface area (Å²) in [6.45, 7) is 1.71. The number of carbonyl (C=O) groups is 1. The maximum Gasteiger partial charge on any atom is 0.228 e. The van der Waals surface area contributed by atoms with Crippen LogP contribution in [0, 0.1) is 23.1 Å². The molecule has 2 heterocycles. The van der Waals surface area contributed by atoms with Crippen molar-refractivity contribution in [2.75, 3.05) is 25.5 Å². The van der Waals surface area contributed by atoms with Crippen LogP contribution < -0.4 is 5.32 Å². The van der Waals surface area contributed by atoms with Crippen LogP contribution in [0.5, 0.6) is 0 Å². The van der Waals surface area contributed by atoms with Crippen LogP contribution in [0.3, 0.4) is 0 Å². The van der Waals surface area contributed by atoms with E-state index in [0.29, 0.717) is 27.9 Å². The standard InChI is InChI=1S/C40H34FN5O/c1-45-23-21-28(22-24-45)39(47)43-38-36-25-29(35-26-34(41)19-17-30(35)27-42)18-20-37(36)46(44-38)40(31-11-5-2-6-12-31,32-13-7-3-8-14-32)33-15-9-4-10-16-33/h2-20,25-26,28H,21-24H2,1H3,(H,43,44,47). The molecule has 0 aliphatic carbocycles. The monoisotopic (exact) mass is 619 g/mol. The number of nitrogens with zero attached hydrogens (tertiary/aromatic N) is 4. The Kier molecular flexibility index (Phi) is 8.11. The predicted octanol–water partition coefficient (Wildman–Crippen LogP) is 7.83. The van der Waals surface area contributed by atoms with E-state index in [4.69, 9.17) is 5.10 Å². The molecule has 1 aliphatic rings. The van der Waals surface area contributed by atoms with Crippen molar-refractivity contribution in [3.05, 3.63) is 155 Å². The minimum absolute atomic E-state index is 0.0664. The van der Waals surface area contributed by atoms with Crippen LogP contribution in [0.4, 0.5) is 10.2 Å². The van der Waals surface area contributed by atoms with Crippen molar-refractivity contribution in [2.24, 2.45) is 5.92 Å². The van der Waals surface area contributed by atoms with Crippen LogP contribution >= 0.6 is 0 Å². The van der Waals surface area contributed by atoms with E-state index in [1.807, 2.05) is 77.5 Å². The molecular formula is C40H34FN5O. The molecule has 0 spiro atoms. The van der Waals surface area contributed by atoms with E-state index in [9.17, 15) is 14.4 Å². The van der Waals surface area contributed by atoms with Crippen LogP contribution in [-0.4, -0.2) is 40.7 Å². The van der Waals surface area contributed by atoms with Crippen LogP contribution in [0.15, 0.2) is 127 Å². The molecule has 0 saturated carbocycles. The highest BCUT2D eigenvalue weighted by Gasteiger charge is 2.41. The fourth-order valence-corrected chi connectivity index (χ4v) is 6.88. The topological polar surface area (TPSA) is 74.0 Å². The summed E-state index contributed by atoms with van der Waals surface area (Å²) < 4.78 is 16.5. The van der Waals surface area contributed by atoms with Gasteiger partial charge in [0.25, 0.3) is 0 Å². The Morgan fingerprint density at radius 2 is 1.40 bits per heavy atom. The highest BCUT2D eigenvalue weighted by Crippen LogP contribution is 2.44. The summed E-state index contributed by atoms with van der Waals surface area (Å²) in [5.41, 5.74) is 4.35. The third-order valence-electron chi connectivity index (χ3n) is 9.32. The van der Waals surface area contributed by atoms with Crippen molar-refractivity contribution >= 4 is 22.6 Å². The summed E-state index contributed by atoms with van der Waals surface area (Å²) in [6.07, 6.45) is 1.53. The highest BCUT2D eigenvalue weighted by molar-refractivity contribution is 6.02. The molecule has 1 aromatic heterocycles. The van der Waals surface area contributed by atoms with Gasteiger partial charge >= 0.3 is 0 Å². The lowest BCUT2D eigenvalue weighted by molar-refractivity contribution is -0.121. The Labute approximate surface area is 273 Å². The molecule has 1 aliphatic heterocycles. The molecule has 6 nitrogen and oxygen atoms in total. The molecule has 0 radical (unpaired) electrons. The van der Waals surface area contributed by atoms with Gasteiger partial charge in [-0.15, -0.1) is 0 Å². The van der Waals surface area contributed by atoms with Gasteiger partial charge in [-0.05, 0) is 85.6 Å². The predicted molar refractivity (Wildman–Crippen MR) is 183 cm³/mol. The zero-order valence-electron chi connectivity index (χ0n) is 26.1. The molecule has 47 heavy (non-hydrogen) atoms. The second-order valence-electron chi connectivity index (χ2n) is 12.2. The van der Waals surface area contributed by atoms with E-state index in [2.05, 4.69) is 59.7 Å². The molecule has 0 unspecified atom stereocenters. The quantitative estimate of drug-likeness (QED) is 0.185. The first-order valence-electron chi connectivity index (χ1n) is 15.9. The summed E-state index contributed by atoms with van der Waals surface area (Å²) in [6, 6.07) is 42.9. The molecule has 7 rings (SSSR count). The number of carbonyl (C=O) groups excluding carboxylic acids is 1.